The summed E-state index contributed by atoms with van der Waals surface area (Å²) in [4.78, 5) is 4.39. The van der Waals surface area contributed by atoms with Crippen molar-refractivity contribution < 1.29 is 4.42 Å². The predicted octanol–water partition coefficient (Wildman–Crippen LogP) is 2.83. The standard InChI is InChI=1S/C9H10N2OS/c1-2-10-9-11-8(6-13-9)7-3-4-12-5-7/h3-6H,2H2,1H3,(H,10,11). The molecular weight excluding hydrogens is 184 g/mol. The molecule has 0 saturated carbocycles. The molecule has 0 aliphatic rings. The first-order chi connectivity index (χ1) is 6.40. The lowest BCUT2D eigenvalue weighted by Crippen LogP contribution is -1.94. The van der Waals surface area contributed by atoms with E-state index in [2.05, 4.69) is 17.2 Å². The lowest BCUT2D eigenvalue weighted by Gasteiger charge is -1.93. The second kappa shape index (κ2) is 3.62. The summed E-state index contributed by atoms with van der Waals surface area (Å²) < 4.78 is 4.98. The Morgan fingerprint density at radius 2 is 2.54 bits per heavy atom. The molecule has 2 aromatic rings. The predicted molar refractivity (Wildman–Crippen MR) is 54.0 cm³/mol. The number of hydrogen-bond acceptors (Lipinski definition) is 4. The van der Waals surface area contributed by atoms with Crippen LogP contribution in [0.4, 0.5) is 5.13 Å². The zero-order valence-corrected chi connectivity index (χ0v) is 8.10. The van der Waals surface area contributed by atoms with Gasteiger partial charge in [-0.25, -0.2) is 4.98 Å². The van der Waals surface area contributed by atoms with Crippen LogP contribution in [0.25, 0.3) is 11.3 Å². The van der Waals surface area contributed by atoms with Crippen LogP contribution in [0.2, 0.25) is 0 Å². The largest absolute Gasteiger partial charge is 0.472 e. The van der Waals surface area contributed by atoms with Crippen molar-refractivity contribution in [3.8, 4) is 11.3 Å². The molecule has 0 saturated heterocycles. The molecule has 0 amide bonds. The van der Waals surface area contributed by atoms with E-state index in [1.807, 2.05) is 11.4 Å². The fraction of sp³-hybridized carbons (Fsp3) is 0.222. The highest BCUT2D eigenvalue weighted by atomic mass is 32.1. The first kappa shape index (κ1) is 8.31. The maximum Gasteiger partial charge on any atom is 0.183 e. The van der Waals surface area contributed by atoms with Gasteiger partial charge in [-0.2, -0.15) is 0 Å². The fourth-order valence-corrected chi connectivity index (χ4v) is 1.84. The number of hydrogen-bond donors (Lipinski definition) is 1. The molecule has 1 N–H and O–H groups in total. The van der Waals surface area contributed by atoms with Crippen molar-refractivity contribution in [1.82, 2.24) is 4.98 Å². The zero-order valence-electron chi connectivity index (χ0n) is 7.28. The average Bonchev–Trinajstić information content (AvgIpc) is 2.70. The van der Waals surface area contributed by atoms with Gasteiger partial charge in [0.2, 0.25) is 0 Å². The summed E-state index contributed by atoms with van der Waals surface area (Å²) >= 11 is 1.61. The van der Waals surface area contributed by atoms with Crippen LogP contribution < -0.4 is 5.32 Å². The summed E-state index contributed by atoms with van der Waals surface area (Å²) in [5, 5.41) is 6.14. The molecular formula is C9H10N2OS. The summed E-state index contributed by atoms with van der Waals surface area (Å²) in [6, 6.07) is 1.91. The van der Waals surface area contributed by atoms with E-state index in [1.165, 1.54) is 0 Å². The van der Waals surface area contributed by atoms with Crippen LogP contribution in [0.5, 0.6) is 0 Å². The van der Waals surface area contributed by atoms with E-state index in [0.717, 1.165) is 22.9 Å². The van der Waals surface area contributed by atoms with Gasteiger partial charge >= 0.3 is 0 Å². The van der Waals surface area contributed by atoms with Crippen LogP contribution in [-0.2, 0) is 0 Å². The number of thiazole rings is 1. The van der Waals surface area contributed by atoms with Gasteiger partial charge in [-0.05, 0) is 13.0 Å². The van der Waals surface area contributed by atoms with Crippen molar-refractivity contribution in [2.75, 3.05) is 11.9 Å². The van der Waals surface area contributed by atoms with Gasteiger partial charge in [0.15, 0.2) is 5.13 Å². The van der Waals surface area contributed by atoms with Gasteiger partial charge in [0.05, 0.1) is 18.2 Å². The SMILES string of the molecule is CCNc1nc(-c2ccoc2)cs1. The van der Waals surface area contributed by atoms with Gasteiger partial charge in [0.1, 0.15) is 0 Å². The van der Waals surface area contributed by atoms with Gasteiger partial charge in [-0.3, -0.25) is 0 Å². The summed E-state index contributed by atoms with van der Waals surface area (Å²) in [5.74, 6) is 0. The summed E-state index contributed by atoms with van der Waals surface area (Å²) in [5.41, 5.74) is 2.00. The van der Waals surface area contributed by atoms with Gasteiger partial charge in [-0.1, -0.05) is 0 Å². The van der Waals surface area contributed by atoms with Gasteiger partial charge in [-0.15, -0.1) is 11.3 Å². The van der Waals surface area contributed by atoms with E-state index in [9.17, 15) is 0 Å². The molecule has 0 aliphatic heterocycles. The summed E-state index contributed by atoms with van der Waals surface area (Å²) in [6.07, 6.45) is 3.35. The summed E-state index contributed by atoms with van der Waals surface area (Å²) in [7, 11) is 0. The van der Waals surface area contributed by atoms with Gasteiger partial charge in [0.25, 0.3) is 0 Å². The first-order valence-electron chi connectivity index (χ1n) is 4.12. The second-order valence-electron chi connectivity index (χ2n) is 2.58. The average molecular weight is 194 g/mol. The van der Waals surface area contributed by atoms with Crippen LogP contribution in [-0.4, -0.2) is 11.5 Å². The van der Waals surface area contributed by atoms with Crippen molar-refractivity contribution in [2.24, 2.45) is 0 Å². The molecule has 0 bridgehead atoms. The Labute approximate surface area is 80.4 Å². The maximum absolute atomic E-state index is 4.98. The van der Waals surface area contributed by atoms with E-state index in [-0.39, 0.29) is 0 Å². The molecule has 0 aliphatic carbocycles. The molecule has 4 heteroatoms. The van der Waals surface area contributed by atoms with Crippen molar-refractivity contribution in [2.45, 2.75) is 6.92 Å². The number of nitrogens with zero attached hydrogens (tertiary/aromatic N) is 1. The molecule has 13 heavy (non-hydrogen) atoms. The molecule has 0 radical (unpaired) electrons. The first-order valence-corrected chi connectivity index (χ1v) is 5.00. The minimum absolute atomic E-state index is 0.901. The molecule has 68 valence electrons. The molecule has 2 aromatic heterocycles. The van der Waals surface area contributed by atoms with E-state index < -0.39 is 0 Å². The van der Waals surface area contributed by atoms with E-state index in [1.54, 1.807) is 23.9 Å². The summed E-state index contributed by atoms with van der Waals surface area (Å²) in [6.45, 7) is 2.96. The minimum atomic E-state index is 0.901. The molecule has 0 aromatic carbocycles. The molecule has 0 atom stereocenters. The Morgan fingerprint density at radius 1 is 1.62 bits per heavy atom. The molecule has 0 spiro atoms. The van der Waals surface area contributed by atoms with Crippen LogP contribution in [0.3, 0.4) is 0 Å². The van der Waals surface area contributed by atoms with E-state index >= 15 is 0 Å². The Balaban J connectivity index is 2.23. The monoisotopic (exact) mass is 194 g/mol. The number of furan rings is 1. The quantitative estimate of drug-likeness (QED) is 0.816. The Kier molecular flexibility index (Phi) is 2.31. The third-order valence-electron chi connectivity index (χ3n) is 1.65. The van der Waals surface area contributed by atoms with Crippen molar-refractivity contribution in [3.05, 3.63) is 24.0 Å². The van der Waals surface area contributed by atoms with Crippen LogP contribution >= 0.6 is 11.3 Å². The number of aromatic nitrogens is 1. The van der Waals surface area contributed by atoms with Crippen molar-refractivity contribution >= 4 is 16.5 Å². The highest BCUT2D eigenvalue weighted by molar-refractivity contribution is 7.14. The fourth-order valence-electron chi connectivity index (χ4n) is 1.05. The number of nitrogens with one attached hydrogen (secondary N) is 1. The lowest BCUT2D eigenvalue weighted by molar-refractivity contribution is 0.568. The molecule has 3 nitrogen and oxygen atoms in total. The molecule has 0 unspecified atom stereocenters. The smallest absolute Gasteiger partial charge is 0.183 e. The number of anilines is 1. The maximum atomic E-state index is 4.98. The van der Waals surface area contributed by atoms with Gasteiger partial charge < -0.3 is 9.73 Å². The van der Waals surface area contributed by atoms with Gasteiger partial charge in [0, 0.05) is 17.5 Å². The van der Waals surface area contributed by atoms with Crippen molar-refractivity contribution in [3.63, 3.8) is 0 Å². The number of rotatable bonds is 3. The topological polar surface area (TPSA) is 38.1 Å². The Hall–Kier alpha value is -1.29. The molecule has 0 fully saturated rings. The minimum Gasteiger partial charge on any atom is -0.472 e. The van der Waals surface area contributed by atoms with Crippen LogP contribution in [0.1, 0.15) is 6.92 Å². The Morgan fingerprint density at radius 3 is 3.23 bits per heavy atom. The van der Waals surface area contributed by atoms with Crippen LogP contribution in [0.15, 0.2) is 28.4 Å². The third kappa shape index (κ3) is 1.72. The van der Waals surface area contributed by atoms with Crippen LogP contribution in [0, 0.1) is 0 Å². The third-order valence-corrected chi connectivity index (χ3v) is 2.45. The Bertz CT molecular complexity index is 367. The van der Waals surface area contributed by atoms with E-state index in [0.29, 0.717) is 0 Å². The highest BCUT2D eigenvalue weighted by Crippen LogP contribution is 2.24. The van der Waals surface area contributed by atoms with Crippen molar-refractivity contribution in [1.29, 1.82) is 0 Å². The highest BCUT2D eigenvalue weighted by Gasteiger charge is 2.03. The normalized spacial score (nSPS) is 10.2. The molecule has 2 heterocycles. The lowest BCUT2D eigenvalue weighted by atomic mass is 10.3. The second-order valence-corrected chi connectivity index (χ2v) is 3.44. The van der Waals surface area contributed by atoms with E-state index in [4.69, 9.17) is 4.42 Å². The molecule has 2 rings (SSSR count). The zero-order chi connectivity index (χ0) is 9.10.